The van der Waals surface area contributed by atoms with Gasteiger partial charge in [-0.2, -0.15) is 4.39 Å². The minimum absolute atomic E-state index is 0.0730. The van der Waals surface area contributed by atoms with E-state index in [-0.39, 0.29) is 27.9 Å². The van der Waals surface area contributed by atoms with Crippen LogP contribution in [0, 0.1) is 17.2 Å². The van der Waals surface area contributed by atoms with Crippen LogP contribution in [0.3, 0.4) is 0 Å². The minimum atomic E-state index is -1.55. The van der Waals surface area contributed by atoms with Gasteiger partial charge in [-0.15, -0.1) is 0 Å². The second kappa shape index (κ2) is 10.6. The van der Waals surface area contributed by atoms with Gasteiger partial charge >= 0.3 is 0 Å². The third-order valence-electron chi connectivity index (χ3n) is 5.01. The molecular formula is C23H22F2N6O4. The molecule has 2 amide bonds. The van der Waals surface area contributed by atoms with Crippen molar-refractivity contribution in [3.05, 3.63) is 83.2 Å². The summed E-state index contributed by atoms with van der Waals surface area (Å²) in [6.07, 6.45) is 1.13. The molecule has 1 unspecified atom stereocenters. The fourth-order valence-corrected chi connectivity index (χ4v) is 3.19. The third-order valence-corrected chi connectivity index (χ3v) is 5.01. The second-order valence-corrected chi connectivity index (χ2v) is 7.15. The zero-order valence-electron chi connectivity index (χ0n) is 18.7. The zero-order chi connectivity index (χ0) is 25.7. The summed E-state index contributed by atoms with van der Waals surface area (Å²) in [5.74, 6) is 1.53. The maximum absolute atomic E-state index is 15.1. The van der Waals surface area contributed by atoms with Gasteiger partial charge in [0.1, 0.15) is 17.7 Å². The van der Waals surface area contributed by atoms with Crippen LogP contribution in [0.2, 0.25) is 0 Å². The summed E-state index contributed by atoms with van der Waals surface area (Å²) in [5.41, 5.74) is 5.43. The number of amidine groups is 1. The quantitative estimate of drug-likeness (QED) is 0.0948. The predicted molar refractivity (Wildman–Crippen MR) is 123 cm³/mol. The number of ether oxygens (including phenoxy) is 2. The Kier molecular flexibility index (Phi) is 7.56. The first-order chi connectivity index (χ1) is 16.7. The number of carbonyl (C=O) groups is 2. The van der Waals surface area contributed by atoms with Crippen molar-refractivity contribution in [1.29, 1.82) is 5.41 Å². The fourth-order valence-electron chi connectivity index (χ4n) is 3.19. The number of rotatable bonds is 8. The van der Waals surface area contributed by atoms with Crippen LogP contribution >= 0.6 is 0 Å². The van der Waals surface area contributed by atoms with E-state index in [1.807, 2.05) is 0 Å². The number of amides is 2. The Morgan fingerprint density at radius 2 is 1.71 bits per heavy atom. The Balaban J connectivity index is 2.05. The largest absolute Gasteiger partial charge is 0.493 e. The number of imide groups is 1. The molecule has 182 valence electrons. The number of methoxy groups -OCH3 is 2. The highest BCUT2D eigenvalue weighted by Crippen LogP contribution is 2.34. The van der Waals surface area contributed by atoms with Crippen LogP contribution in [0.25, 0.3) is 0 Å². The van der Waals surface area contributed by atoms with Crippen molar-refractivity contribution < 1.29 is 27.8 Å². The van der Waals surface area contributed by atoms with Crippen LogP contribution in [0.15, 0.2) is 54.7 Å². The first kappa shape index (κ1) is 25.1. The van der Waals surface area contributed by atoms with Crippen LogP contribution in [0.5, 0.6) is 11.5 Å². The van der Waals surface area contributed by atoms with E-state index in [1.54, 1.807) is 0 Å². The number of hydrogen-bond acceptors (Lipinski definition) is 8. The normalized spacial score (nSPS) is 11.3. The van der Waals surface area contributed by atoms with E-state index in [9.17, 15) is 14.0 Å². The molecule has 3 rings (SSSR count). The molecule has 0 radical (unpaired) electrons. The van der Waals surface area contributed by atoms with E-state index in [4.69, 9.17) is 26.5 Å². The summed E-state index contributed by atoms with van der Waals surface area (Å²) in [6, 6.07) is 9.10. The van der Waals surface area contributed by atoms with E-state index in [2.05, 4.69) is 10.3 Å². The number of nitrogens with zero attached hydrogens (tertiary/aromatic N) is 2. The molecular weight excluding hydrogens is 462 g/mol. The number of benzene rings is 2. The predicted octanol–water partition coefficient (Wildman–Crippen LogP) is 2.36. The monoisotopic (exact) mass is 484 g/mol. The van der Waals surface area contributed by atoms with Gasteiger partial charge in [-0.1, -0.05) is 0 Å². The number of nitrogens with two attached hydrogens (primary N) is 2. The van der Waals surface area contributed by atoms with Gasteiger partial charge < -0.3 is 20.5 Å². The standard InChI is InChI=1S/C23H22F2N6O4/c1-34-17-10-15(16(24)11-18(17)35-2)19(30-13-7-5-12(6-8-13)21(26)27)23(33)31(28)22(32)14-4-3-9-29-20(14)25/h3-11,19,30H,28H2,1-2H3,(H3,26,27). The van der Waals surface area contributed by atoms with Gasteiger partial charge in [0.05, 0.1) is 19.8 Å². The summed E-state index contributed by atoms with van der Waals surface area (Å²) in [6.45, 7) is 0. The maximum atomic E-state index is 15.1. The Morgan fingerprint density at radius 3 is 2.29 bits per heavy atom. The van der Waals surface area contributed by atoms with Crippen LogP contribution in [0.4, 0.5) is 14.5 Å². The van der Waals surface area contributed by atoms with Gasteiger partial charge in [-0.3, -0.25) is 15.0 Å². The molecule has 35 heavy (non-hydrogen) atoms. The molecule has 0 saturated carbocycles. The van der Waals surface area contributed by atoms with Crippen molar-refractivity contribution in [2.75, 3.05) is 19.5 Å². The molecule has 0 bridgehead atoms. The number of halogens is 2. The lowest BCUT2D eigenvalue weighted by Crippen LogP contribution is -2.47. The number of nitrogens with one attached hydrogen (secondary N) is 2. The van der Waals surface area contributed by atoms with Crippen molar-refractivity contribution in [2.45, 2.75) is 6.04 Å². The molecule has 3 aromatic rings. The molecule has 12 heteroatoms. The molecule has 1 aromatic heterocycles. The van der Waals surface area contributed by atoms with Gasteiger partial charge in [-0.05, 0) is 42.5 Å². The van der Waals surface area contributed by atoms with Crippen molar-refractivity contribution in [2.24, 2.45) is 11.6 Å². The molecule has 0 aliphatic heterocycles. The van der Waals surface area contributed by atoms with E-state index < -0.39 is 35.2 Å². The highest BCUT2D eigenvalue weighted by molar-refractivity contribution is 6.06. The van der Waals surface area contributed by atoms with Crippen molar-refractivity contribution >= 4 is 23.3 Å². The lowest BCUT2D eigenvalue weighted by atomic mass is 10.0. The molecule has 0 aliphatic carbocycles. The number of carbonyl (C=O) groups excluding carboxylic acids is 2. The Hall–Kier alpha value is -4.58. The maximum Gasteiger partial charge on any atom is 0.279 e. The van der Waals surface area contributed by atoms with E-state index in [1.165, 1.54) is 50.6 Å². The molecule has 0 spiro atoms. The van der Waals surface area contributed by atoms with Gasteiger partial charge in [0, 0.05) is 29.1 Å². The number of hydrogen-bond donors (Lipinski definition) is 4. The van der Waals surface area contributed by atoms with Gasteiger partial charge in [0.2, 0.25) is 5.95 Å². The SMILES string of the molecule is COc1cc(F)c(C(Nc2ccc(C(=N)N)cc2)C(=O)N(N)C(=O)c2cccnc2F)cc1OC. The molecule has 1 heterocycles. The van der Waals surface area contributed by atoms with Crippen LogP contribution < -0.4 is 26.4 Å². The number of anilines is 1. The number of nitrogen functional groups attached to an aromatic ring is 1. The van der Waals surface area contributed by atoms with E-state index >= 15 is 4.39 Å². The molecule has 1 atom stereocenters. The average molecular weight is 484 g/mol. The molecule has 0 fully saturated rings. The van der Waals surface area contributed by atoms with Crippen molar-refractivity contribution in [1.82, 2.24) is 9.99 Å². The average Bonchev–Trinajstić information content (AvgIpc) is 2.86. The number of hydrazine groups is 1. The molecule has 10 nitrogen and oxygen atoms in total. The van der Waals surface area contributed by atoms with Gasteiger partial charge in [-0.25, -0.2) is 20.2 Å². The third kappa shape index (κ3) is 5.33. The van der Waals surface area contributed by atoms with Gasteiger partial charge in [0.25, 0.3) is 11.8 Å². The Labute approximate surface area is 198 Å². The summed E-state index contributed by atoms with van der Waals surface area (Å²) < 4.78 is 39.4. The second-order valence-electron chi connectivity index (χ2n) is 7.15. The topological polar surface area (TPSA) is 157 Å². The number of pyridine rings is 1. The summed E-state index contributed by atoms with van der Waals surface area (Å²) in [5, 5.41) is 10.5. The molecule has 0 saturated heterocycles. The Morgan fingerprint density at radius 1 is 1.09 bits per heavy atom. The molecule has 6 N–H and O–H groups in total. The highest BCUT2D eigenvalue weighted by Gasteiger charge is 2.33. The van der Waals surface area contributed by atoms with Gasteiger partial charge in [0.15, 0.2) is 11.5 Å². The number of aromatic nitrogens is 1. The zero-order valence-corrected chi connectivity index (χ0v) is 18.7. The first-order valence-electron chi connectivity index (χ1n) is 10.0. The Bertz CT molecular complexity index is 1270. The van der Waals surface area contributed by atoms with E-state index in [0.717, 1.165) is 18.3 Å². The van der Waals surface area contributed by atoms with E-state index in [0.29, 0.717) is 11.3 Å². The van der Waals surface area contributed by atoms with Crippen molar-refractivity contribution in [3.8, 4) is 11.5 Å². The lowest BCUT2D eigenvalue weighted by Gasteiger charge is -2.25. The highest BCUT2D eigenvalue weighted by atomic mass is 19.1. The summed E-state index contributed by atoms with van der Waals surface area (Å²) >= 11 is 0. The lowest BCUT2D eigenvalue weighted by molar-refractivity contribution is -0.129. The smallest absolute Gasteiger partial charge is 0.279 e. The summed E-state index contributed by atoms with van der Waals surface area (Å²) in [4.78, 5) is 29.4. The molecule has 2 aromatic carbocycles. The van der Waals surface area contributed by atoms with Crippen LogP contribution in [-0.2, 0) is 4.79 Å². The van der Waals surface area contributed by atoms with Crippen LogP contribution in [0.1, 0.15) is 27.5 Å². The minimum Gasteiger partial charge on any atom is -0.493 e. The fraction of sp³-hybridized carbons (Fsp3) is 0.130. The van der Waals surface area contributed by atoms with Crippen molar-refractivity contribution in [3.63, 3.8) is 0 Å². The van der Waals surface area contributed by atoms with Crippen LogP contribution in [-0.4, -0.2) is 41.9 Å². The molecule has 0 aliphatic rings. The summed E-state index contributed by atoms with van der Waals surface area (Å²) in [7, 11) is 2.64. The first-order valence-corrected chi connectivity index (χ1v) is 10.0.